The molecule has 19 heavy (non-hydrogen) atoms. The number of esters is 1. The molecule has 1 aliphatic carbocycles. The fourth-order valence-electron chi connectivity index (χ4n) is 2.41. The number of carbonyl (C=O) groups excluding carboxylic acids is 2. The van der Waals surface area contributed by atoms with Crippen LogP contribution in [0.25, 0.3) is 0 Å². The highest BCUT2D eigenvalue weighted by Gasteiger charge is 2.53. The van der Waals surface area contributed by atoms with Gasteiger partial charge in [0.05, 0.1) is 0 Å². The fourth-order valence-corrected chi connectivity index (χ4v) is 2.41. The molecule has 3 nitrogen and oxygen atoms in total. The Kier molecular flexibility index (Phi) is 3.25. The Morgan fingerprint density at radius 1 is 1.26 bits per heavy atom. The summed E-state index contributed by atoms with van der Waals surface area (Å²) in [6.07, 6.45) is 0.511. The van der Waals surface area contributed by atoms with Crippen LogP contribution in [0.5, 0.6) is 0 Å². The minimum Gasteiger partial charge on any atom is -0.459 e. The highest BCUT2D eigenvalue weighted by atomic mass is 16.6. The van der Waals surface area contributed by atoms with Crippen LogP contribution >= 0.6 is 0 Å². The van der Waals surface area contributed by atoms with Crippen LogP contribution in [0.2, 0.25) is 0 Å². The lowest BCUT2D eigenvalue weighted by atomic mass is 9.63. The van der Waals surface area contributed by atoms with Gasteiger partial charge in [-0.3, -0.25) is 9.59 Å². The van der Waals surface area contributed by atoms with Gasteiger partial charge in [0.25, 0.3) is 0 Å². The van der Waals surface area contributed by atoms with E-state index in [2.05, 4.69) is 0 Å². The zero-order valence-corrected chi connectivity index (χ0v) is 11.9. The molecule has 1 fully saturated rings. The first-order valence-corrected chi connectivity index (χ1v) is 6.55. The molecule has 1 saturated carbocycles. The van der Waals surface area contributed by atoms with Crippen molar-refractivity contribution in [3.63, 3.8) is 0 Å². The number of rotatable bonds is 2. The molecule has 0 amide bonds. The number of Topliss-reactive ketones (excluding diaryl/α,β-unsaturated/α-hetero) is 1. The third-order valence-electron chi connectivity index (χ3n) is 3.36. The van der Waals surface area contributed by atoms with Crippen molar-refractivity contribution in [1.82, 2.24) is 0 Å². The molecule has 1 aromatic rings. The molecule has 0 radical (unpaired) electrons. The Balaban J connectivity index is 2.34. The normalized spacial score (nSPS) is 17.8. The van der Waals surface area contributed by atoms with Gasteiger partial charge < -0.3 is 4.74 Å². The first-order chi connectivity index (χ1) is 8.73. The minimum atomic E-state index is -0.767. The second-order valence-electron chi connectivity index (χ2n) is 6.35. The van der Waals surface area contributed by atoms with E-state index in [1.54, 1.807) is 0 Å². The largest absolute Gasteiger partial charge is 0.459 e. The number of ether oxygens (including phenoxy) is 1. The van der Waals surface area contributed by atoms with Gasteiger partial charge in [0.2, 0.25) is 0 Å². The quantitative estimate of drug-likeness (QED) is 0.768. The topological polar surface area (TPSA) is 43.4 Å². The minimum absolute atomic E-state index is 0.118. The number of carbonyl (C=O) groups is 2. The third kappa shape index (κ3) is 2.70. The predicted molar refractivity (Wildman–Crippen MR) is 72.9 cm³/mol. The van der Waals surface area contributed by atoms with Crippen LogP contribution in [0.4, 0.5) is 0 Å². The molecule has 0 aliphatic heterocycles. The summed E-state index contributed by atoms with van der Waals surface area (Å²) in [6.45, 7) is 7.51. The predicted octanol–water partition coefficient (Wildman–Crippen LogP) is 2.94. The molecule has 0 N–H and O–H groups in total. The maximum absolute atomic E-state index is 12.4. The van der Waals surface area contributed by atoms with Crippen molar-refractivity contribution < 1.29 is 14.3 Å². The van der Waals surface area contributed by atoms with Crippen LogP contribution in [0.1, 0.15) is 44.7 Å². The Bertz CT molecular complexity index is 515. The third-order valence-corrected chi connectivity index (χ3v) is 3.36. The van der Waals surface area contributed by atoms with E-state index in [0.29, 0.717) is 0 Å². The Morgan fingerprint density at radius 3 is 2.37 bits per heavy atom. The van der Waals surface area contributed by atoms with Gasteiger partial charge in [0.1, 0.15) is 16.8 Å². The van der Waals surface area contributed by atoms with E-state index in [4.69, 9.17) is 4.74 Å². The second-order valence-corrected chi connectivity index (χ2v) is 6.35. The summed E-state index contributed by atoms with van der Waals surface area (Å²) in [6, 6.07) is 7.77. The van der Waals surface area contributed by atoms with E-state index in [1.807, 2.05) is 52.0 Å². The SMILES string of the molecule is Cc1cccc(C2(C(=O)OC(C)(C)C)CC(=O)C2)c1. The molecule has 102 valence electrons. The average molecular weight is 260 g/mol. The van der Waals surface area contributed by atoms with Crippen LogP contribution in [-0.4, -0.2) is 17.4 Å². The van der Waals surface area contributed by atoms with Crippen molar-refractivity contribution in [2.24, 2.45) is 0 Å². The van der Waals surface area contributed by atoms with Gasteiger partial charge in [-0.1, -0.05) is 29.8 Å². The van der Waals surface area contributed by atoms with E-state index >= 15 is 0 Å². The van der Waals surface area contributed by atoms with Gasteiger partial charge in [-0.05, 0) is 33.3 Å². The maximum atomic E-state index is 12.4. The van der Waals surface area contributed by atoms with E-state index in [0.717, 1.165) is 11.1 Å². The summed E-state index contributed by atoms with van der Waals surface area (Å²) < 4.78 is 5.50. The second kappa shape index (κ2) is 4.48. The summed E-state index contributed by atoms with van der Waals surface area (Å²) in [5.74, 6) is -0.169. The molecule has 0 unspecified atom stereocenters. The molecule has 0 bridgehead atoms. The summed E-state index contributed by atoms with van der Waals surface area (Å²) >= 11 is 0. The lowest BCUT2D eigenvalue weighted by molar-refractivity contribution is -0.169. The van der Waals surface area contributed by atoms with Gasteiger partial charge in [0.15, 0.2) is 0 Å². The van der Waals surface area contributed by atoms with E-state index in [-0.39, 0.29) is 24.6 Å². The standard InChI is InChI=1S/C16H20O3/c1-11-6-5-7-12(8-11)16(9-13(17)10-16)14(18)19-15(2,3)4/h5-8H,9-10H2,1-4H3. The molecule has 1 aliphatic rings. The van der Waals surface area contributed by atoms with Crippen molar-refractivity contribution >= 4 is 11.8 Å². The number of aryl methyl sites for hydroxylation is 1. The van der Waals surface area contributed by atoms with Crippen LogP contribution in [0, 0.1) is 6.92 Å². The Hall–Kier alpha value is -1.64. The highest BCUT2D eigenvalue weighted by molar-refractivity contribution is 6.02. The lowest BCUT2D eigenvalue weighted by Gasteiger charge is -2.40. The molecule has 1 aromatic carbocycles. The lowest BCUT2D eigenvalue weighted by Crippen LogP contribution is -2.51. The molecule has 2 rings (SSSR count). The highest BCUT2D eigenvalue weighted by Crippen LogP contribution is 2.43. The molecular weight excluding hydrogens is 240 g/mol. The summed E-state index contributed by atoms with van der Waals surface area (Å²) in [5, 5.41) is 0. The Morgan fingerprint density at radius 2 is 1.89 bits per heavy atom. The van der Waals surface area contributed by atoms with Crippen molar-refractivity contribution in [1.29, 1.82) is 0 Å². The monoisotopic (exact) mass is 260 g/mol. The van der Waals surface area contributed by atoms with E-state index in [1.165, 1.54) is 0 Å². The summed E-state index contributed by atoms with van der Waals surface area (Å²) in [5.41, 5.74) is 0.671. The molecule has 3 heteroatoms. The van der Waals surface area contributed by atoms with Crippen molar-refractivity contribution in [3.05, 3.63) is 35.4 Å². The van der Waals surface area contributed by atoms with Gasteiger partial charge >= 0.3 is 5.97 Å². The maximum Gasteiger partial charge on any atom is 0.317 e. The number of ketones is 1. The molecule has 0 atom stereocenters. The summed E-state index contributed by atoms with van der Waals surface area (Å²) in [7, 11) is 0. The van der Waals surface area contributed by atoms with E-state index < -0.39 is 11.0 Å². The molecule has 0 aromatic heterocycles. The van der Waals surface area contributed by atoms with Gasteiger partial charge in [-0.2, -0.15) is 0 Å². The van der Waals surface area contributed by atoms with Gasteiger partial charge in [0, 0.05) is 12.8 Å². The zero-order chi connectivity index (χ0) is 14.3. The van der Waals surface area contributed by atoms with Crippen LogP contribution in [-0.2, 0) is 19.7 Å². The van der Waals surface area contributed by atoms with Crippen molar-refractivity contribution in [2.45, 2.75) is 51.6 Å². The average Bonchev–Trinajstić information content (AvgIpc) is 2.21. The molecular formula is C16H20O3. The van der Waals surface area contributed by atoms with Gasteiger partial charge in [-0.15, -0.1) is 0 Å². The molecule has 0 saturated heterocycles. The van der Waals surface area contributed by atoms with E-state index in [9.17, 15) is 9.59 Å². The zero-order valence-electron chi connectivity index (χ0n) is 11.9. The van der Waals surface area contributed by atoms with Gasteiger partial charge in [-0.25, -0.2) is 0 Å². The number of hydrogen-bond acceptors (Lipinski definition) is 3. The number of benzene rings is 1. The van der Waals surface area contributed by atoms with Crippen LogP contribution < -0.4 is 0 Å². The van der Waals surface area contributed by atoms with Crippen molar-refractivity contribution in [2.75, 3.05) is 0 Å². The molecule has 0 spiro atoms. The van der Waals surface area contributed by atoms with Crippen LogP contribution in [0.15, 0.2) is 24.3 Å². The smallest absolute Gasteiger partial charge is 0.317 e. The first kappa shape index (κ1) is 13.8. The fraction of sp³-hybridized carbons (Fsp3) is 0.500. The van der Waals surface area contributed by atoms with Crippen molar-refractivity contribution in [3.8, 4) is 0 Å². The number of hydrogen-bond donors (Lipinski definition) is 0. The first-order valence-electron chi connectivity index (χ1n) is 6.55. The Labute approximate surface area is 114 Å². The summed E-state index contributed by atoms with van der Waals surface area (Å²) in [4.78, 5) is 23.9. The molecule has 0 heterocycles. The van der Waals surface area contributed by atoms with Crippen LogP contribution in [0.3, 0.4) is 0 Å².